The number of nitrogens with two attached hydrogens (primary N) is 1. The summed E-state index contributed by atoms with van der Waals surface area (Å²) in [4.78, 5) is 1.64. The zero-order chi connectivity index (χ0) is 10.0. The lowest BCUT2D eigenvalue weighted by molar-refractivity contribution is 1.18. The molecule has 1 aromatic rings. The van der Waals surface area contributed by atoms with Gasteiger partial charge in [-0.2, -0.15) is 0 Å². The van der Waals surface area contributed by atoms with Crippen molar-refractivity contribution in [3.63, 3.8) is 0 Å². The molecule has 0 aliphatic rings. The van der Waals surface area contributed by atoms with E-state index in [1.807, 2.05) is 25.1 Å². The van der Waals surface area contributed by atoms with Gasteiger partial charge in [-0.05, 0) is 30.7 Å². The van der Waals surface area contributed by atoms with Gasteiger partial charge in [0.2, 0.25) is 0 Å². The van der Waals surface area contributed by atoms with E-state index in [4.69, 9.17) is 11.1 Å². The van der Waals surface area contributed by atoms with Crippen molar-refractivity contribution >= 4 is 27.6 Å². The van der Waals surface area contributed by atoms with E-state index >= 15 is 0 Å². The fraction of sp³-hybridized carbons (Fsp3) is 0.222. The zero-order valence-corrected chi connectivity index (χ0v) is 9.22. The fourth-order valence-corrected chi connectivity index (χ4v) is 1.60. The van der Waals surface area contributed by atoms with E-state index < -0.39 is 0 Å². The van der Waals surface area contributed by atoms with Crippen LogP contribution in [0.1, 0.15) is 5.56 Å². The molecule has 0 radical (unpaired) electrons. The number of aryl methyl sites for hydroxylation is 1. The Morgan fingerprint density at radius 3 is 2.62 bits per heavy atom. The summed E-state index contributed by atoms with van der Waals surface area (Å²) in [5.41, 5.74) is 7.42. The van der Waals surface area contributed by atoms with Crippen LogP contribution in [0.25, 0.3) is 0 Å². The number of guanidine groups is 1. The van der Waals surface area contributed by atoms with Crippen molar-refractivity contribution in [2.24, 2.45) is 5.73 Å². The van der Waals surface area contributed by atoms with E-state index in [0.29, 0.717) is 0 Å². The van der Waals surface area contributed by atoms with Crippen LogP contribution >= 0.6 is 15.9 Å². The third kappa shape index (κ3) is 2.21. The molecule has 1 rings (SSSR count). The predicted octanol–water partition coefficient (Wildman–Crippen LogP) is 2.09. The molecule has 0 saturated heterocycles. The summed E-state index contributed by atoms with van der Waals surface area (Å²) in [5, 5.41) is 7.28. The Kier molecular flexibility index (Phi) is 2.93. The molecular formula is C9H12BrN3. The van der Waals surface area contributed by atoms with Crippen LogP contribution in [0.2, 0.25) is 0 Å². The lowest BCUT2D eigenvalue weighted by atomic mass is 10.2. The zero-order valence-electron chi connectivity index (χ0n) is 7.63. The van der Waals surface area contributed by atoms with Crippen LogP contribution in [0.5, 0.6) is 0 Å². The van der Waals surface area contributed by atoms with Gasteiger partial charge in [-0.1, -0.05) is 15.9 Å². The second-order valence-corrected chi connectivity index (χ2v) is 3.79. The fourth-order valence-electron chi connectivity index (χ4n) is 1.12. The van der Waals surface area contributed by atoms with E-state index in [1.165, 1.54) is 0 Å². The lowest BCUT2D eigenvalue weighted by Crippen LogP contribution is -2.33. The van der Waals surface area contributed by atoms with Crippen molar-refractivity contribution in [3.05, 3.63) is 28.2 Å². The Hall–Kier alpha value is -1.03. The summed E-state index contributed by atoms with van der Waals surface area (Å²) in [5.74, 6) is 0.0467. The van der Waals surface area contributed by atoms with Gasteiger partial charge in [-0.15, -0.1) is 0 Å². The maximum absolute atomic E-state index is 7.28. The highest BCUT2D eigenvalue weighted by Gasteiger charge is 2.06. The quantitative estimate of drug-likeness (QED) is 0.585. The van der Waals surface area contributed by atoms with Crippen LogP contribution in [0, 0.1) is 12.3 Å². The largest absolute Gasteiger partial charge is 0.370 e. The standard InChI is InChI=1S/C9H12BrN3/c1-6-5-7(10)3-4-8(6)13(2)9(11)12/h3-5H,1-2H3,(H3,11,12). The first-order valence-electron chi connectivity index (χ1n) is 3.86. The normalized spacial score (nSPS) is 9.77. The first kappa shape index (κ1) is 10.1. The number of benzene rings is 1. The first-order valence-corrected chi connectivity index (χ1v) is 4.65. The summed E-state index contributed by atoms with van der Waals surface area (Å²) >= 11 is 3.38. The molecule has 0 aliphatic heterocycles. The van der Waals surface area contributed by atoms with Crippen LogP contribution in [0.3, 0.4) is 0 Å². The molecule has 4 heteroatoms. The number of rotatable bonds is 1. The highest BCUT2D eigenvalue weighted by atomic mass is 79.9. The molecule has 0 atom stereocenters. The van der Waals surface area contributed by atoms with E-state index in [2.05, 4.69) is 15.9 Å². The van der Waals surface area contributed by atoms with Crippen molar-refractivity contribution < 1.29 is 0 Å². The molecule has 0 aromatic heterocycles. The maximum Gasteiger partial charge on any atom is 0.192 e. The number of nitrogens with zero attached hydrogens (tertiary/aromatic N) is 1. The molecule has 3 N–H and O–H groups in total. The SMILES string of the molecule is Cc1cc(Br)ccc1N(C)C(=N)N. The van der Waals surface area contributed by atoms with Gasteiger partial charge in [0.15, 0.2) is 5.96 Å². The van der Waals surface area contributed by atoms with Crippen molar-refractivity contribution in [1.82, 2.24) is 0 Å². The van der Waals surface area contributed by atoms with Crippen LogP contribution in [0.15, 0.2) is 22.7 Å². The molecule has 0 aliphatic carbocycles. The van der Waals surface area contributed by atoms with Gasteiger partial charge in [-0.25, -0.2) is 0 Å². The van der Waals surface area contributed by atoms with E-state index in [9.17, 15) is 0 Å². The topological polar surface area (TPSA) is 53.1 Å². The van der Waals surface area contributed by atoms with Gasteiger partial charge >= 0.3 is 0 Å². The molecule has 0 heterocycles. The molecule has 13 heavy (non-hydrogen) atoms. The highest BCUT2D eigenvalue weighted by Crippen LogP contribution is 2.22. The molecule has 1 aromatic carbocycles. The van der Waals surface area contributed by atoms with Gasteiger partial charge in [0.1, 0.15) is 0 Å². The second-order valence-electron chi connectivity index (χ2n) is 2.88. The Labute approximate surface area is 86.2 Å². The van der Waals surface area contributed by atoms with Crippen molar-refractivity contribution in [3.8, 4) is 0 Å². The van der Waals surface area contributed by atoms with E-state index in [-0.39, 0.29) is 5.96 Å². The summed E-state index contributed by atoms with van der Waals surface area (Å²) in [7, 11) is 1.78. The van der Waals surface area contributed by atoms with E-state index in [1.54, 1.807) is 11.9 Å². The highest BCUT2D eigenvalue weighted by molar-refractivity contribution is 9.10. The molecule has 0 unspecified atom stereocenters. The predicted molar refractivity (Wildman–Crippen MR) is 59.2 cm³/mol. The summed E-state index contributed by atoms with van der Waals surface area (Å²) in [6.45, 7) is 1.99. The second kappa shape index (κ2) is 3.79. The minimum atomic E-state index is 0.0467. The number of halogens is 1. The van der Waals surface area contributed by atoms with E-state index in [0.717, 1.165) is 15.7 Å². The molecular weight excluding hydrogens is 230 g/mol. The molecule has 0 saturated carbocycles. The van der Waals surface area contributed by atoms with Crippen LogP contribution < -0.4 is 10.6 Å². The minimum Gasteiger partial charge on any atom is -0.370 e. The molecule has 3 nitrogen and oxygen atoms in total. The Morgan fingerprint density at radius 1 is 1.54 bits per heavy atom. The summed E-state index contributed by atoms with van der Waals surface area (Å²) < 4.78 is 1.03. The van der Waals surface area contributed by atoms with Crippen LogP contribution in [-0.4, -0.2) is 13.0 Å². The average molecular weight is 242 g/mol. The van der Waals surface area contributed by atoms with Crippen molar-refractivity contribution in [2.75, 3.05) is 11.9 Å². The summed E-state index contributed by atoms with van der Waals surface area (Å²) in [6, 6.07) is 5.86. The third-order valence-corrected chi connectivity index (χ3v) is 2.37. The lowest BCUT2D eigenvalue weighted by Gasteiger charge is -2.19. The number of hydrogen-bond donors (Lipinski definition) is 2. The van der Waals surface area contributed by atoms with Gasteiger partial charge < -0.3 is 10.6 Å². The van der Waals surface area contributed by atoms with Gasteiger partial charge in [0, 0.05) is 17.2 Å². The average Bonchev–Trinajstić information content (AvgIpc) is 2.03. The van der Waals surface area contributed by atoms with Crippen LogP contribution in [0.4, 0.5) is 5.69 Å². The van der Waals surface area contributed by atoms with Crippen molar-refractivity contribution in [1.29, 1.82) is 5.41 Å². The summed E-state index contributed by atoms with van der Waals surface area (Å²) in [6.07, 6.45) is 0. The number of anilines is 1. The maximum atomic E-state index is 7.28. The Bertz CT molecular complexity index is 336. The van der Waals surface area contributed by atoms with Crippen LogP contribution in [-0.2, 0) is 0 Å². The first-order chi connectivity index (χ1) is 6.02. The van der Waals surface area contributed by atoms with Gasteiger partial charge in [0.25, 0.3) is 0 Å². The molecule has 0 amide bonds. The Morgan fingerprint density at radius 2 is 2.15 bits per heavy atom. The molecule has 0 fully saturated rings. The molecule has 70 valence electrons. The number of nitrogens with one attached hydrogen (secondary N) is 1. The molecule has 0 spiro atoms. The Balaban J connectivity index is 3.08. The smallest absolute Gasteiger partial charge is 0.192 e. The monoisotopic (exact) mass is 241 g/mol. The van der Waals surface area contributed by atoms with Gasteiger partial charge in [0.05, 0.1) is 0 Å². The third-order valence-electron chi connectivity index (χ3n) is 1.88. The minimum absolute atomic E-state index is 0.0467. The van der Waals surface area contributed by atoms with Crippen molar-refractivity contribution in [2.45, 2.75) is 6.92 Å². The van der Waals surface area contributed by atoms with Gasteiger partial charge in [-0.3, -0.25) is 5.41 Å². The number of hydrogen-bond acceptors (Lipinski definition) is 1. The molecule has 0 bridgehead atoms.